The van der Waals surface area contributed by atoms with Crippen molar-refractivity contribution in [3.63, 3.8) is 0 Å². The van der Waals surface area contributed by atoms with E-state index < -0.39 is 6.10 Å². The van der Waals surface area contributed by atoms with Gasteiger partial charge in [0.15, 0.2) is 0 Å². The van der Waals surface area contributed by atoms with Crippen molar-refractivity contribution < 1.29 is 19.1 Å². The number of nitrogens with zero attached hydrogens (tertiary/aromatic N) is 1. The van der Waals surface area contributed by atoms with E-state index in [1.807, 2.05) is 0 Å². The van der Waals surface area contributed by atoms with Crippen LogP contribution in [0.4, 0.5) is 0 Å². The Morgan fingerprint density at radius 2 is 2.35 bits per heavy atom. The van der Waals surface area contributed by atoms with Crippen LogP contribution in [0.15, 0.2) is 22.8 Å². The number of amides is 1. The van der Waals surface area contributed by atoms with Crippen molar-refractivity contribution in [3.05, 3.63) is 24.2 Å². The van der Waals surface area contributed by atoms with E-state index >= 15 is 0 Å². The first kappa shape index (κ1) is 16.5. The highest BCUT2D eigenvalue weighted by Crippen LogP contribution is 2.27. The molecule has 2 N–H and O–H groups in total. The summed E-state index contributed by atoms with van der Waals surface area (Å²) >= 11 is 0. The summed E-state index contributed by atoms with van der Waals surface area (Å²) in [5.41, 5.74) is 0. The van der Waals surface area contributed by atoms with Crippen LogP contribution in [0.3, 0.4) is 0 Å². The Hall–Kier alpha value is -1.37. The van der Waals surface area contributed by atoms with Gasteiger partial charge in [-0.15, -0.1) is 0 Å². The van der Waals surface area contributed by atoms with Crippen LogP contribution < -0.4 is 5.32 Å². The molecule has 3 rings (SSSR count). The van der Waals surface area contributed by atoms with E-state index in [-0.39, 0.29) is 18.1 Å². The first-order valence-corrected chi connectivity index (χ1v) is 8.56. The van der Waals surface area contributed by atoms with Crippen LogP contribution in [-0.2, 0) is 9.53 Å². The molecule has 0 spiro atoms. The summed E-state index contributed by atoms with van der Waals surface area (Å²) < 4.78 is 10.8. The van der Waals surface area contributed by atoms with Crippen LogP contribution in [0.25, 0.3) is 0 Å². The minimum Gasteiger partial charge on any atom is -0.467 e. The normalized spacial score (nSPS) is 26.5. The number of ether oxygens (including phenoxy) is 1. The summed E-state index contributed by atoms with van der Waals surface area (Å²) in [5.74, 6) is 0.638. The topological polar surface area (TPSA) is 74.9 Å². The third-order valence-electron chi connectivity index (χ3n) is 4.76. The van der Waals surface area contributed by atoms with Gasteiger partial charge in [0.05, 0.1) is 18.9 Å². The zero-order valence-corrected chi connectivity index (χ0v) is 13.4. The fourth-order valence-electron chi connectivity index (χ4n) is 3.50. The molecule has 3 atom stereocenters. The third-order valence-corrected chi connectivity index (χ3v) is 4.76. The molecule has 1 aromatic rings. The molecule has 128 valence electrons. The molecule has 2 aliphatic heterocycles. The number of furan rings is 1. The molecule has 6 heteroatoms. The van der Waals surface area contributed by atoms with Gasteiger partial charge in [-0.25, -0.2) is 0 Å². The minimum absolute atomic E-state index is 0.0416. The van der Waals surface area contributed by atoms with Crippen LogP contribution in [0.1, 0.15) is 44.0 Å². The maximum absolute atomic E-state index is 12.1. The van der Waals surface area contributed by atoms with E-state index in [1.54, 1.807) is 18.4 Å². The molecule has 0 saturated carbocycles. The number of hydrogen-bond donors (Lipinski definition) is 2. The number of carbonyl (C=O) groups excluding carboxylic acids is 1. The average molecular weight is 322 g/mol. The van der Waals surface area contributed by atoms with Gasteiger partial charge in [0.2, 0.25) is 5.91 Å². The number of carbonyl (C=O) groups is 1. The van der Waals surface area contributed by atoms with Crippen molar-refractivity contribution in [3.8, 4) is 0 Å². The number of aliphatic hydroxyl groups is 1. The molecule has 23 heavy (non-hydrogen) atoms. The fraction of sp³-hybridized carbons (Fsp3) is 0.706. The lowest BCUT2D eigenvalue weighted by Crippen LogP contribution is -2.42. The van der Waals surface area contributed by atoms with Gasteiger partial charge in [-0.1, -0.05) is 0 Å². The maximum atomic E-state index is 12.1. The Morgan fingerprint density at radius 1 is 1.43 bits per heavy atom. The van der Waals surface area contributed by atoms with Gasteiger partial charge >= 0.3 is 0 Å². The van der Waals surface area contributed by atoms with E-state index in [0.29, 0.717) is 25.3 Å². The van der Waals surface area contributed by atoms with E-state index in [4.69, 9.17) is 9.15 Å². The number of aliphatic hydroxyl groups excluding tert-OH is 1. The molecular weight excluding hydrogens is 296 g/mol. The molecule has 0 bridgehead atoms. The molecule has 0 radical (unpaired) electrons. The number of nitrogens with one attached hydrogen (secondary N) is 1. The number of likely N-dealkylation sites (tertiary alicyclic amines) is 1. The van der Waals surface area contributed by atoms with Crippen LogP contribution >= 0.6 is 0 Å². The van der Waals surface area contributed by atoms with Gasteiger partial charge in [0, 0.05) is 19.2 Å². The smallest absolute Gasteiger partial charge is 0.234 e. The lowest BCUT2D eigenvalue weighted by molar-refractivity contribution is -0.123. The van der Waals surface area contributed by atoms with Crippen molar-refractivity contribution in [2.45, 2.75) is 50.4 Å². The van der Waals surface area contributed by atoms with Gasteiger partial charge in [0.1, 0.15) is 11.9 Å². The summed E-state index contributed by atoms with van der Waals surface area (Å²) in [5, 5.41) is 13.2. The Labute approximate surface area is 136 Å². The molecular formula is C17H26N2O4. The minimum atomic E-state index is -0.606. The predicted octanol–water partition coefficient (Wildman–Crippen LogP) is 1.46. The largest absolute Gasteiger partial charge is 0.467 e. The highest BCUT2D eigenvalue weighted by Gasteiger charge is 2.29. The molecule has 2 aliphatic rings. The quantitative estimate of drug-likeness (QED) is 0.795. The highest BCUT2D eigenvalue weighted by atomic mass is 16.5. The second-order valence-electron chi connectivity index (χ2n) is 6.47. The summed E-state index contributed by atoms with van der Waals surface area (Å²) in [6.45, 7) is 2.71. The van der Waals surface area contributed by atoms with Crippen LogP contribution in [0, 0.1) is 0 Å². The van der Waals surface area contributed by atoms with Gasteiger partial charge in [-0.2, -0.15) is 0 Å². The second-order valence-corrected chi connectivity index (χ2v) is 6.47. The molecule has 3 heterocycles. The molecule has 0 aromatic carbocycles. The molecule has 1 aromatic heterocycles. The number of rotatable bonds is 7. The van der Waals surface area contributed by atoms with E-state index in [9.17, 15) is 9.90 Å². The Morgan fingerprint density at radius 3 is 3.09 bits per heavy atom. The molecule has 3 unspecified atom stereocenters. The van der Waals surface area contributed by atoms with Crippen molar-refractivity contribution in [1.82, 2.24) is 10.2 Å². The Balaban J connectivity index is 1.43. The SMILES string of the molecule is O=C(CN1CCCC1CC(O)c1ccco1)NCC1CCCO1. The van der Waals surface area contributed by atoms with Crippen LogP contribution in [-0.4, -0.2) is 54.3 Å². The van der Waals surface area contributed by atoms with Crippen molar-refractivity contribution in [1.29, 1.82) is 0 Å². The molecule has 2 saturated heterocycles. The predicted molar refractivity (Wildman–Crippen MR) is 84.9 cm³/mol. The summed E-state index contributed by atoms with van der Waals surface area (Å²) in [7, 11) is 0. The van der Waals surface area contributed by atoms with Gasteiger partial charge < -0.3 is 19.6 Å². The van der Waals surface area contributed by atoms with Crippen LogP contribution in [0.2, 0.25) is 0 Å². The van der Waals surface area contributed by atoms with Gasteiger partial charge in [-0.05, 0) is 50.8 Å². The lowest BCUT2D eigenvalue weighted by atomic mass is 10.1. The first-order valence-electron chi connectivity index (χ1n) is 8.56. The van der Waals surface area contributed by atoms with E-state index in [1.165, 1.54) is 0 Å². The first-order chi connectivity index (χ1) is 11.2. The standard InChI is InChI=1S/C17H26N2O4/c20-15(16-6-3-9-23-16)10-13-4-1-7-19(13)12-17(21)18-11-14-5-2-8-22-14/h3,6,9,13-15,20H,1-2,4-5,7-8,10-12H2,(H,18,21). The molecule has 6 nitrogen and oxygen atoms in total. The van der Waals surface area contributed by atoms with E-state index in [2.05, 4.69) is 10.2 Å². The van der Waals surface area contributed by atoms with E-state index in [0.717, 1.165) is 38.8 Å². The van der Waals surface area contributed by atoms with Crippen molar-refractivity contribution >= 4 is 5.91 Å². The second kappa shape index (κ2) is 7.95. The van der Waals surface area contributed by atoms with Gasteiger partial charge in [-0.3, -0.25) is 9.69 Å². The number of hydrogen-bond acceptors (Lipinski definition) is 5. The van der Waals surface area contributed by atoms with Crippen LogP contribution in [0.5, 0.6) is 0 Å². The average Bonchev–Trinajstić information content (AvgIpc) is 3.29. The molecule has 1 amide bonds. The van der Waals surface area contributed by atoms with Crippen molar-refractivity contribution in [2.75, 3.05) is 26.2 Å². The summed E-state index contributed by atoms with van der Waals surface area (Å²) in [4.78, 5) is 14.3. The zero-order chi connectivity index (χ0) is 16.1. The Bertz CT molecular complexity index is 485. The fourth-order valence-corrected chi connectivity index (χ4v) is 3.50. The summed E-state index contributed by atoms with van der Waals surface area (Å²) in [6, 6.07) is 3.80. The lowest BCUT2D eigenvalue weighted by Gasteiger charge is -2.25. The molecule has 2 fully saturated rings. The van der Waals surface area contributed by atoms with Gasteiger partial charge in [0.25, 0.3) is 0 Å². The molecule has 0 aliphatic carbocycles. The van der Waals surface area contributed by atoms with Crippen molar-refractivity contribution in [2.24, 2.45) is 0 Å². The Kier molecular flexibility index (Phi) is 5.70. The highest BCUT2D eigenvalue weighted by molar-refractivity contribution is 5.78. The third kappa shape index (κ3) is 4.56. The zero-order valence-electron chi connectivity index (χ0n) is 13.4. The monoisotopic (exact) mass is 322 g/mol. The maximum Gasteiger partial charge on any atom is 0.234 e. The summed E-state index contributed by atoms with van der Waals surface area (Å²) in [6.07, 6.45) is 5.93.